The Morgan fingerprint density at radius 2 is 1.93 bits per heavy atom. The Morgan fingerprint density at radius 3 is 2.45 bits per heavy atom. The molecule has 0 radical (unpaired) electrons. The smallest absolute Gasteiger partial charge is 0.431 e. The monoisotopic (exact) mass is 404 g/mol. The van der Waals surface area contributed by atoms with E-state index in [9.17, 15) is 23.2 Å². The molecule has 0 atom stereocenters. The number of nitriles is 1. The second kappa shape index (κ2) is 6.88. The van der Waals surface area contributed by atoms with Gasteiger partial charge in [-0.3, -0.25) is 9.36 Å². The SMILES string of the molecule is CCn1c(C(F)(F)F)cc2c(C#N)c(N)n(-c3c(C)ccc(OC)c3C)c2c1=O. The van der Waals surface area contributed by atoms with Crippen LogP contribution in [0.25, 0.3) is 16.6 Å². The molecule has 0 aliphatic heterocycles. The van der Waals surface area contributed by atoms with Gasteiger partial charge in [-0.05, 0) is 38.5 Å². The lowest BCUT2D eigenvalue weighted by Crippen LogP contribution is -2.28. The van der Waals surface area contributed by atoms with Crippen LogP contribution in [0, 0.1) is 25.2 Å². The number of alkyl halides is 3. The Bertz CT molecular complexity index is 1230. The number of ether oxygens (including phenoxy) is 1. The summed E-state index contributed by atoms with van der Waals surface area (Å²) in [5.41, 5.74) is 5.80. The molecule has 152 valence electrons. The van der Waals surface area contributed by atoms with Crippen molar-refractivity contribution in [3.63, 3.8) is 0 Å². The van der Waals surface area contributed by atoms with Gasteiger partial charge in [-0.2, -0.15) is 18.4 Å². The van der Waals surface area contributed by atoms with Crippen molar-refractivity contribution < 1.29 is 17.9 Å². The zero-order valence-electron chi connectivity index (χ0n) is 16.3. The van der Waals surface area contributed by atoms with Crippen LogP contribution in [0.5, 0.6) is 5.75 Å². The summed E-state index contributed by atoms with van der Waals surface area (Å²) in [5, 5.41) is 9.44. The van der Waals surface area contributed by atoms with E-state index >= 15 is 0 Å². The van der Waals surface area contributed by atoms with Crippen LogP contribution in [-0.4, -0.2) is 16.2 Å². The van der Waals surface area contributed by atoms with Gasteiger partial charge in [-0.25, -0.2) is 0 Å². The molecule has 1 aromatic carbocycles. The van der Waals surface area contributed by atoms with Gasteiger partial charge < -0.3 is 15.0 Å². The second-order valence-corrected chi connectivity index (χ2v) is 6.60. The van der Waals surface area contributed by atoms with Crippen LogP contribution in [0.3, 0.4) is 0 Å². The number of anilines is 1. The molecule has 29 heavy (non-hydrogen) atoms. The van der Waals surface area contributed by atoms with Crippen LogP contribution in [0.2, 0.25) is 0 Å². The summed E-state index contributed by atoms with van der Waals surface area (Å²) in [6.45, 7) is 4.79. The van der Waals surface area contributed by atoms with E-state index in [1.165, 1.54) is 18.6 Å². The van der Waals surface area contributed by atoms with Gasteiger partial charge in [0, 0.05) is 17.5 Å². The fourth-order valence-corrected chi connectivity index (χ4v) is 3.69. The molecule has 6 nitrogen and oxygen atoms in total. The van der Waals surface area contributed by atoms with Gasteiger partial charge in [-0.1, -0.05) is 6.07 Å². The van der Waals surface area contributed by atoms with E-state index in [0.29, 0.717) is 21.6 Å². The molecule has 2 aromatic heterocycles. The van der Waals surface area contributed by atoms with E-state index in [-0.39, 0.29) is 28.8 Å². The third-order valence-corrected chi connectivity index (χ3v) is 5.01. The molecule has 2 N–H and O–H groups in total. The number of methoxy groups -OCH3 is 1. The molecule has 3 rings (SSSR count). The number of halogens is 3. The van der Waals surface area contributed by atoms with Crippen molar-refractivity contribution in [1.82, 2.24) is 9.13 Å². The zero-order chi connectivity index (χ0) is 21.7. The highest BCUT2D eigenvalue weighted by Gasteiger charge is 2.36. The van der Waals surface area contributed by atoms with Crippen LogP contribution >= 0.6 is 0 Å². The van der Waals surface area contributed by atoms with Gasteiger partial charge >= 0.3 is 6.18 Å². The summed E-state index contributed by atoms with van der Waals surface area (Å²) in [6.07, 6.45) is -4.76. The lowest BCUT2D eigenvalue weighted by molar-refractivity contribution is -0.144. The molecule has 0 amide bonds. The number of benzene rings is 1. The number of fused-ring (bicyclic) bond motifs is 1. The summed E-state index contributed by atoms with van der Waals surface area (Å²) < 4.78 is 48.0. The van der Waals surface area contributed by atoms with E-state index in [2.05, 4.69) is 0 Å². The highest BCUT2D eigenvalue weighted by atomic mass is 19.4. The standard InChI is InChI=1S/C20H19F3N4O2/c1-5-26-15(20(21,22)23)8-12-13(9-24)18(25)27(17(12)19(26)28)16-10(2)6-7-14(29-4)11(16)3/h6-8H,5,25H2,1-4H3. The van der Waals surface area contributed by atoms with Crippen molar-refractivity contribution in [1.29, 1.82) is 5.26 Å². The molecule has 0 fully saturated rings. The van der Waals surface area contributed by atoms with Crippen molar-refractivity contribution >= 4 is 16.7 Å². The van der Waals surface area contributed by atoms with E-state index in [4.69, 9.17) is 10.5 Å². The Hall–Kier alpha value is -3.41. The summed E-state index contributed by atoms with van der Waals surface area (Å²) in [4.78, 5) is 13.1. The number of hydrogen-bond acceptors (Lipinski definition) is 4. The molecule has 0 aliphatic rings. The molecule has 0 saturated carbocycles. The molecule has 0 aliphatic carbocycles. The highest BCUT2D eigenvalue weighted by Crippen LogP contribution is 2.37. The maximum atomic E-state index is 13.5. The van der Waals surface area contributed by atoms with Crippen LogP contribution in [0.1, 0.15) is 29.3 Å². The van der Waals surface area contributed by atoms with Gasteiger partial charge in [0.1, 0.15) is 34.4 Å². The maximum absolute atomic E-state index is 13.5. The zero-order valence-corrected chi connectivity index (χ0v) is 16.3. The first kappa shape index (κ1) is 20.3. The first-order valence-corrected chi connectivity index (χ1v) is 8.78. The molecule has 0 unspecified atom stereocenters. The molecule has 3 aromatic rings. The first-order chi connectivity index (χ1) is 13.6. The predicted molar refractivity (Wildman–Crippen MR) is 103 cm³/mol. The van der Waals surface area contributed by atoms with Gasteiger partial charge in [-0.15, -0.1) is 0 Å². The Balaban J connectivity index is 2.61. The third kappa shape index (κ3) is 2.92. The third-order valence-electron chi connectivity index (χ3n) is 5.01. The molecular formula is C20H19F3N4O2. The first-order valence-electron chi connectivity index (χ1n) is 8.78. The van der Waals surface area contributed by atoms with E-state index in [0.717, 1.165) is 11.6 Å². The molecule has 0 saturated heterocycles. The van der Waals surface area contributed by atoms with Crippen molar-refractivity contribution in [2.75, 3.05) is 12.8 Å². The van der Waals surface area contributed by atoms with Crippen LogP contribution in [-0.2, 0) is 12.7 Å². The maximum Gasteiger partial charge on any atom is 0.431 e. The Labute approximate surface area is 164 Å². The Kier molecular flexibility index (Phi) is 4.82. The number of nitrogen functional groups attached to an aromatic ring is 1. The second-order valence-electron chi connectivity index (χ2n) is 6.60. The topological polar surface area (TPSA) is 86.0 Å². The van der Waals surface area contributed by atoms with Crippen LogP contribution in [0.4, 0.5) is 19.0 Å². The summed E-state index contributed by atoms with van der Waals surface area (Å²) in [6, 6.07) is 6.16. The number of rotatable bonds is 3. The van der Waals surface area contributed by atoms with E-state index < -0.39 is 17.4 Å². The fraction of sp³-hybridized carbons (Fsp3) is 0.300. The molecule has 9 heteroatoms. The van der Waals surface area contributed by atoms with Crippen LogP contribution in [0.15, 0.2) is 23.0 Å². The summed E-state index contributed by atoms with van der Waals surface area (Å²) in [5.74, 6) is 0.425. The average molecular weight is 404 g/mol. The minimum absolute atomic E-state index is 0.0756. The van der Waals surface area contributed by atoms with Gasteiger partial charge in [0.15, 0.2) is 0 Å². The molecular weight excluding hydrogens is 385 g/mol. The molecule has 2 heterocycles. The normalized spacial score (nSPS) is 11.7. The number of pyridine rings is 1. The number of hydrogen-bond donors (Lipinski definition) is 1. The van der Waals surface area contributed by atoms with Gasteiger partial charge in [0.2, 0.25) is 0 Å². The van der Waals surface area contributed by atoms with Crippen molar-refractivity contribution in [2.24, 2.45) is 0 Å². The Morgan fingerprint density at radius 1 is 1.28 bits per heavy atom. The summed E-state index contributed by atoms with van der Waals surface area (Å²) in [7, 11) is 1.49. The minimum Gasteiger partial charge on any atom is -0.496 e. The number of aromatic nitrogens is 2. The molecule has 0 bridgehead atoms. The highest BCUT2D eigenvalue weighted by molar-refractivity contribution is 5.94. The van der Waals surface area contributed by atoms with E-state index in [1.807, 2.05) is 6.07 Å². The average Bonchev–Trinajstić information content (AvgIpc) is 2.93. The van der Waals surface area contributed by atoms with Crippen molar-refractivity contribution in [3.05, 3.63) is 50.9 Å². The van der Waals surface area contributed by atoms with Gasteiger partial charge in [0.25, 0.3) is 5.56 Å². The van der Waals surface area contributed by atoms with Gasteiger partial charge in [0.05, 0.1) is 12.8 Å². The van der Waals surface area contributed by atoms with Crippen molar-refractivity contribution in [3.8, 4) is 17.5 Å². The lowest BCUT2D eigenvalue weighted by Gasteiger charge is -2.18. The summed E-state index contributed by atoms with van der Waals surface area (Å²) >= 11 is 0. The van der Waals surface area contributed by atoms with E-state index in [1.54, 1.807) is 26.0 Å². The van der Waals surface area contributed by atoms with Crippen LogP contribution < -0.4 is 16.0 Å². The lowest BCUT2D eigenvalue weighted by atomic mass is 10.1. The number of nitrogens with two attached hydrogens (primary N) is 1. The number of aryl methyl sites for hydroxylation is 1. The number of nitrogens with zero attached hydrogens (tertiary/aromatic N) is 3. The fourth-order valence-electron chi connectivity index (χ4n) is 3.69. The predicted octanol–water partition coefficient (Wildman–Crippen LogP) is 3.91. The minimum atomic E-state index is -4.76. The van der Waals surface area contributed by atoms with Crippen molar-refractivity contribution in [2.45, 2.75) is 33.5 Å². The largest absolute Gasteiger partial charge is 0.496 e. The molecule has 0 spiro atoms. The quantitative estimate of drug-likeness (QED) is 0.717.